The molecule has 1 aromatic rings. The third-order valence-electron chi connectivity index (χ3n) is 1.77. The lowest BCUT2D eigenvalue weighted by molar-refractivity contribution is -0.119. The van der Waals surface area contributed by atoms with E-state index in [2.05, 4.69) is 10.3 Å². The lowest BCUT2D eigenvalue weighted by Gasteiger charge is -2.08. The molecule has 0 aliphatic heterocycles. The molecule has 0 spiro atoms. The molecular weight excluding hydrogens is 228 g/mol. The SMILES string of the molecule is O=C(CSc1ccncc1)NCC(O)CO. The number of hydrogen-bond acceptors (Lipinski definition) is 5. The molecule has 1 aromatic heterocycles. The highest BCUT2D eigenvalue weighted by Crippen LogP contribution is 2.15. The van der Waals surface area contributed by atoms with Crippen molar-refractivity contribution in [1.29, 1.82) is 0 Å². The van der Waals surface area contributed by atoms with Crippen molar-refractivity contribution < 1.29 is 15.0 Å². The van der Waals surface area contributed by atoms with E-state index in [-0.39, 0.29) is 24.8 Å². The van der Waals surface area contributed by atoms with E-state index >= 15 is 0 Å². The fraction of sp³-hybridized carbons (Fsp3) is 0.400. The third kappa shape index (κ3) is 5.11. The zero-order valence-electron chi connectivity index (χ0n) is 8.67. The molecule has 1 unspecified atom stereocenters. The van der Waals surface area contributed by atoms with Crippen molar-refractivity contribution in [2.24, 2.45) is 0 Å². The van der Waals surface area contributed by atoms with E-state index in [4.69, 9.17) is 10.2 Å². The summed E-state index contributed by atoms with van der Waals surface area (Å²) in [6.07, 6.45) is 2.43. The molecule has 16 heavy (non-hydrogen) atoms. The molecule has 0 aliphatic carbocycles. The molecule has 0 saturated carbocycles. The molecule has 0 saturated heterocycles. The predicted octanol–water partition coefficient (Wildman–Crippen LogP) is -0.357. The van der Waals surface area contributed by atoms with Crippen molar-refractivity contribution in [3.8, 4) is 0 Å². The van der Waals surface area contributed by atoms with Gasteiger partial charge in [-0.25, -0.2) is 0 Å². The number of rotatable bonds is 6. The van der Waals surface area contributed by atoms with E-state index in [0.717, 1.165) is 4.90 Å². The molecule has 0 aliphatic rings. The first-order chi connectivity index (χ1) is 7.72. The Bertz CT molecular complexity index is 321. The topological polar surface area (TPSA) is 82.5 Å². The van der Waals surface area contributed by atoms with Crippen LogP contribution in [0.5, 0.6) is 0 Å². The Hall–Kier alpha value is -1.11. The second-order valence-electron chi connectivity index (χ2n) is 3.11. The van der Waals surface area contributed by atoms with Crippen LogP contribution in [-0.2, 0) is 4.79 Å². The average Bonchev–Trinajstić information content (AvgIpc) is 2.34. The number of aromatic nitrogens is 1. The zero-order valence-corrected chi connectivity index (χ0v) is 9.48. The van der Waals surface area contributed by atoms with Gasteiger partial charge in [0.1, 0.15) is 0 Å². The van der Waals surface area contributed by atoms with Gasteiger partial charge in [0.05, 0.1) is 18.5 Å². The second kappa shape index (κ2) is 7.21. The number of aliphatic hydroxyl groups excluding tert-OH is 2. The van der Waals surface area contributed by atoms with Crippen molar-refractivity contribution in [2.45, 2.75) is 11.0 Å². The Labute approximate surface area is 97.9 Å². The first-order valence-electron chi connectivity index (χ1n) is 4.81. The molecule has 1 rings (SSSR count). The van der Waals surface area contributed by atoms with Crippen LogP contribution in [0.15, 0.2) is 29.4 Å². The number of thioether (sulfide) groups is 1. The van der Waals surface area contributed by atoms with Crippen molar-refractivity contribution in [3.63, 3.8) is 0 Å². The summed E-state index contributed by atoms with van der Waals surface area (Å²) in [6.45, 7) is -0.274. The van der Waals surface area contributed by atoms with Gasteiger partial charge in [-0.2, -0.15) is 0 Å². The molecule has 6 heteroatoms. The summed E-state index contributed by atoms with van der Waals surface area (Å²) in [6, 6.07) is 3.64. The van der Waals surface area contributed by atoms with Crippen LogP contribution in [0.1, 0.15) is 0 Å². The van der Waals surface area contributed by atoms with Crippen molar-refractivity contribution >= 4 is 17.7 Å². The van der Waals surface area contributed by atoms with Crippen molar-refractivity contribution in [3.05, 3.63) is 24.5 Å². The fourth-order valence-electron chi connectivity index (χ4n) is 0.931. The van der Waals surface area contributed by atoms with Crippen LogP contribution >= 0.6 is 11.8 Å². The number of amides is 1. The molecule has 0 bridgehead atoms. The van der Waals surface area contributed by atoms with Gasteiger partial charge in [-0.15, -0.1) is 11.8 Å². The summed E-state index contributed by atoms with van der Waals surface area (Å²) in [5.41, 5.74) is 0. The maximum Gasteiger partial charge on any atom is 0.230 e. The summed E-state index contributed by atoms with van der Waals surface area (Å²) in [7, 11) is 0. The van der Waals surface area contributed by atoms with Gasteiger partial charge in [0.15, 0.2) is 0 Å². The lowest BCUT2D eigenvalue weighted by Crippen LogP contribution is -2.34. The summed E-state index contributed by atoms with van der Waals surface area (Å²) in [4.78, 5) is 16.1. The Balaban J connectivity index is 2.20. The molecule has 3 N–H and O–H groups in total. The van der Waals surface area contributed by atoms with Crippen molar-refractivity contribution in [2.75, 3.05) is 18.9 Å². The summed E-state index contributed by atoms with van der Waals surface area (Å²) < 4.78 is 0. The predicted molar refractivity (Wildman–Crippen MR) is 61.1 cm³/mol. The highest BCUT2D eigenvalue weighted by molar-refractivity contribution is 8.00. The normalized spacial score (nSPS) is 12.1. The van der Waals surface area contributed by atoms with Crippen LogP contribution < -0.4 is 5.32 Å². The summed E-state index contributed by atoms with van der Waals surface area (Å²) in [5.74, 6) is 0.108. The Morgan fingerprint density at radius 2 is 2.19 bits per heavy atom. The minimum Gasteiger partial charge on any atom is -0.394 e. The van der Waals surface area contributed by atoms with Gasteiger partial charge in [-0.05, 0) is 12.1 Å². The van der Waals surface area contributed by atoms with E-state index in [1.807, 2.05) is 12.1 Å². The molecular formula is C10H14N2O3S. The van der Waals surface area contributed by atoms with Crippen LogP contribution in [0, 0.1) is 0 Å². The number of carbonyl (C=O) groups excluding carboxylic acids is 1. The maximum atomic E-state index is 11.3. The van der Waals surface area contributed by atoms with Crippen LogP contribution in [0.4, 0.5) is 0 Å². The molecule has 1 heterocycles. The van der Waals surface area contributed by atoms with Gasteiger partial charge >= 0.3 is 0 Å². The van der Waals surface area contributed by atoms with Crippen LogP contribution in [0.2, 0.25) is 0 Å². The van der Waals surface area contributed by atoms with E-state index in [1.165, 1.54) is 11.8 Å². The number of nitrogens with zero attached hydrogens (tertiary/aromatic N) is 1. The molecule has 1 amide bonds. The van der Waals surface area contributed by atoms with Crippen LogP contribution in [-0.4, -0.2) is 46.1 Å². The van der Waals surface area contributed by atoms with Gasteiger partial charge in [0.25, 0.3) is 0 Å². The van der Waals surface area contributed by atoms with Crippen LogP contribution in [0.3, 0.4) is 0 Å². The van der Waals surface area contributed by atoms with Gasteiger partial charge in [0, 0.05) is 23.8 Å². The minimum atomic E-state index is -0.894. The number of aliphatic hydroxyl groups is 2. The largest absolute Gasteiger partial charge is 0.394 e. The van der Waals surface area contributed by atoms with Gasteiger partial charge < -0.3 is 15.5 Å². The van der Waals surface area contributed by atoms with Gasteiger partial charge in [0.2, 0.25) is 5.91 Å². The monoisotopic (exact) mass is 242 g/mol. The van der Waals surface area contributed by atoms with Gasteiger partial charge in [-0.3, -0.25) is 9.78 Å². The molecule has 0 radical (unpaired) electrons. The number of pyridine rings is 1. The number of hydrogen-bond donors (Lipinski definition) is 3. The highest BCUT2D eigenvalue weighted by atomic mass is 32.2. The fourth-order valence-corrected chi connectivity index (χ4v) is 1.64. The summed E-state index contributed by atoms with van der Waals surface area (Å²) in [5, 5.41) is 20.1. The zero-order chi connectivity index (χ0) is 11.8. The Morgan fingerprint density at radius 3 is 2.81 bits per heavy atom. The molecule has 88 valence electrons. The van der Waals surface area contributed by atoms with E-state index < -0.39 is 6.10 Å². The molecule has 0 fully saturated rings. The molecule has 0 aromatic carbocycles. The molecule has 1 atom stereocenters. The van der Waals surface area contributed by atoms with Crippen molar-refractivity contribution in [1.82, 2.24) is 10.3 Å². The van der Waals surface area contributed by atoms with E-state index in [9.17, 15) is 4.79 Å². The van der Waals surface area contributed by atoms with Gasteiger partial charge in [-0.1, -0.05) is 0 Å². The molecule has 5 nitrogen and oxygen atoms in total. The quantitative estimate of drug-likeness (QED) is 0.594. The Kier molecular flexibility index (Phi) is 5.84. The first kappa shape index (κ1) is 13.0. The van der Waals surface area contributed by atoms with E-state index in [1.54, 1.807) is 12.4 Å². The smallest absolute Gasteiger partial charge is 0.230 e. The standard InChI is InChI=1S/C10H14N2O3S/c13-6-8(14)5-12-10(15)7-16-9-1-3-11-4-2-9/h1-4,8,13-14H,5-7H2,(H,12,15). The average molecular weight is 242 g/mol. The minimum absolute atomic E-state index is 0.0756. The van der Waals surface area contributed by atoms with Crippen LogP contribution in [0.25, 0.3) is 0 Å². The second-order valence-corrected chi connectivity index (χ2v) is 4.16. The third-order valence-corrected chi connectivity index (χ3v) is 2.78. The first-order valence-corrected chi connectivity index (χ1v) is 5.79. The number of nitrogens with one attached hydrogen (secondary N) is 1. The summed E-state index contributed by atoms with van der Waals surface area (Å²) >= 11 is 1.39. The maximum absolute atomic E-state index is 11.3. The van der Waals surface area contributed by atoms with E-state index in [0.29, 0.717) is 0 Å². The lowest BCUT2D eigenvalue weighted by atomic mass is 10.4. The Morgan fingerprint density at radius 1 is 1.50 bits per heavy atom. The highest BCUT2D eigenvalue weighted by Gasteiger charge is 2.06. The number of carbonyl (C=O) groups is 1.